The fourth-order valence-electron chi connectivity index (χ4n) is 2.37. The molecule has 0 saturated heterocycles. The van der Waals surface area contributed by atoms with E-state index in [1.807, 2.05) is 42.5 Å². The summed E-state index contributed by atoms with van der Waals surface area (Å²) in [5, 5.41) is 15.9. The summed E-state index contributed by atoms with van der Waals surface area (Å²) in [6, 6.07) is 18.2. The molecule has 2 aromatic carbocycles. The number of nitrogens with one attached hydrogen (secondary N) is 1. The van der Waals surface area contributed by atoms with Crippen LogP contribution in [0.15, 0.2) is 65.2 Å². The van der Waals surface area contributed by atoms with Gasteiger partial charge in [-0.25, -0.2) is 0 Å². The molecule has 1 amide bonds. The van der Waals surface area contributed by atoms with Crippen molar-refractivity contribution in [2.75, 3.05) is 6.54 Å². The van der Waals surface area contributed by atoms with E-state index in [1.54, 1.807) is 18.2 Å². The van der Waals surface area contributed by atoms with Gasteiger partial charge in [0, 0.05) is 18.2 Å². The van der Waals surface area contributed by atoms with Crippen LogP contribution in [0.1, 0.15) is 22.5 Å². The monoisotopic (exact) mass is 322 g/mol. The molecule has 5 nitrogen and oxygen atoms in total. The molecule has 0 spiro atoms. The number of amides is 1. The average molecular weight is 322 g/mol. The number of hydrogen-bond acceptors (Lipinski definition) is 4. The molecule has 2 N–H and O–H groups in total. The minimum atomic E-state index is -0.244. The maximum Gasteiger partial charge on any atom is 0.273 e. The molecule has 0 fully saturated rings. The lowest BCUT2D eigenvalue weighted by Crippen LogP contribution is -2.25. The number of aromatic hydroxyl groups is 1. The van der Waals surface area contributed by atoms with Crippen molar-refractivity contribution in [1.29, 1.82) is 0 Å². The number of carbonyl (C=O) groups is 1. The normalized spacial score (nSPS) is 10.5. The maximum atomic E-state index is 12.1. The highest BCUT2D eigenvalue weighted by molar-refractivity contribution is 5.93. The lowest BCUT2D eigenvalue weighted by Gasteiger charge is -2.03. The van der Waals surface area contributed by atoms with Crippen LogP contribution in [0, 0.1) is 0 Å². The Hall–Kier alpha value is -3.08. The Bertz CT molecular complexity index is 795. The van der Waals surface area contributed by atoms with Crippen molar-refractivity contribution in [2.45, 2.75) is 12.8 Å². The Morgan fingerprint density at radius 1 is 1.08 bits per heavy atom. The summed E-state index contributed by atoms with van der Waals surface area (Å²) < 4.78 is 5.22. The van der Waals surface area contributed by atoms with E-state index in [1.165, 1.54) is 0 Å². The number of phenols is 1. The molecule has 5 heteroatoms. The van der Waals surface area contributed by atoms with E-state index in [4.69, 9.17) is 4.52 Å². The summed E-state index contributed by atoms with van der Waals surface area (Å²) >= 11 is 0. The first-order chi connectivity index (χ1) is 11.7. The molecule has 0 bridgehead atoms. The van der Waals surface area contributed by atoms with Gasteiger partial charge in [-0.1, -0.05) is 47.6 Å². The van der Waals surface area contributed by atoms with Crippen LogP contribution in [-0.4, -0.2) is 22.7 Å². The predicted octanol–water partition coefficient (Wildman–Crippen LogP) is 3.41. The third-order valence-corrected chi connectivity index (χ3v) is 3.67. The Kier molecular flexibility index (Phi) is 4.91. The van der Waals surface area contributed by atoms with Gasteiger partial charge in [0.1, 0.15) is 5.75 Å². The number of benzene rings is 2. The summed E-state index contributed by atoms with van der Waals surface area (Å²) in [6.45, 7) is 0.549. The molecule has 1 aromatic heterocycles. The van der Waals surface area contributed by atoms with Gasteiger partial charge in [0.15, 0.2) is 11.5 Å². The molecule has 0 aliphatic heterocycles. The first-order valence-electron chi connectivity index (χ1n) is 7.80. The summed E-state index contributed by atoms with van der Waals surface area (Å²) in [6.07, 6.45) is 1.63. The topological polar surface area (TPSA) is 75.4 Å². The molecular formula is C19H18N2O3. The van der Waals surface area contributed by atoms with E-state index < -0.39 is 0 Å². The molecule has 0 aliphatic rings. The largest absolute Gasteiger partial charge is 0.508 e. The van der Waals surface area contributed by atoms with E-state index in [-0.39, 0.29) is 17.4 Å². The van der Waals surface area contributed by atoms with E-state index in [0.29, 0.717) is 12.3 Å². The van der Waals surface area contributed by atoms with Crippen molar-refractivity contribution in [1.82, 2.24) is 10.5 Å². The summed E-state index contributed by atoms with van der Waals surface area (Å²) in [5.41, 5.74) is 2.28. The van der Waals surface area contributed by atoms with E-state index in [9.17, 15) is 9.90 Å². The van der Waals surface area contributed by atoms with Gasteiger partial charge in [0.25, 0.3) is 5.91 Å². The zero-order valence-corrected chi connectivity index (χ0v) is 13.1. The number of aromatic nitrogens is 1. The Morgan fingerprint density at radius 2 is 1.83 bits per heavy atom. The Morgan fingerprint density at radius 3 is 2.58 bits per heavy atom. The molecule has 122 valence electrons. The SMILES string of the molecule is O=C(NCCCc1ccc(O)cc1)c1cc(-c2ccccc2)on1. The Balaban J connectivity index is 1.49. The molecule has 0 radical (unpaired) electrons. The van der Waals surface area contributed by atoms with Crippen LogP contribution in [-0.2, 0) is 6.42 Å². The molecule has 0 saturated carbocycles. The number of carbonyl (C=O) groups excluding carboxylic acids is 1. The van der Waals surface area contributed by atoms with Crippen LogP contribution < -0.4 is 5.32 Å². The first kappa shape index (κ1) is 15.8. The van der Waals surface area contributed by atoms with Gasteiger partial charge in [0.2, 0.25) is 0 Å². The second-order valence-corrected chi connectivity index (χ2v) is 5.47. The van der Waals surface area contributed by atoms with E-state index in [2.05, 4.69) is 10.5 Å². The fraction of sp³-hybridized carbons (Fsp3) is 0.158. The smallest absolute Gasteiger partial charge is 0.273 e. The van der Waals surface area contributed by atoms with Gasteiger partial charge in [0.05, 0.1) is 0 Å². The van der Waals surface area contributed by atoms with E-state index >= 15 is 0 Å². The molecule has 1 heterocycles. The Labute approximate surface area is 139 Å². The number of phenolic OH excluding ortho intramolecular Hbond substituents is 1. The summed E-state index contributed by atoms with van der Waals surface area (Å²) in [4.78, 5) is 12.1. The van der Waals surface area contributed by atoms with Gasteiger partial charge in [-0.2, -0.15) is 0 Å². The maximum absolute atomic E-state index is 12.1. The van der Waals surface area contributed by atoms with Crippen LogP contribution in [0.2, 0.25) is 0 Å². The molecule has 24 heavy (non-hydrogen) atoms. The van der Waals surface area contributed by atoms with Gasteiger partial charge >= 0.3 is 0 Å². The van der Waals surface area contributed by atoms with E-state index in [0.717, 1.165) is 24.0 Å². The molecule has 0 aliphatic carbocycles. The van der Waals surface area contributed by atoms with Crippen LogP contribution >= 0.6 is 0 Å². The van der Waals surface area contributed by atoms with Crippen molar-refractivity contribution in [3.05, 3.63) is 71.9 Å². The van der Waals surface area contributed by atoms with Gasteiger partial charge in [-0.15, -0.1) is 0 Å². The standard InChI is InChI=1S/C19H18N2O3/c22-16-10-8-14(9-11-16)5-4-12-20-19(23)17-13-18(24-21-17)15-6-2-1-3-7-15/h1-3,6-11,13,22H,4-5,12H2,(H,20,23). The van der Waals surface area contributed by atoms with Crippen molar-refractivity contribution in [3.63, 3.8) is 0 Å². The minimum Gasteiger partial charge on any atom is -0.508 e. The highest BCUT2D eigenvalue weighted by Crippen LogP contribution is 2.19. The highest BCUT2D eigenvalue weighted by Gasteiger charge is 2.12. The van der Waals surface area contributed by atoms with Crippen molar-refractivity contribution in [2.24, 2.45) is 0 Å². The second kappa shape index (κ2) is 7.46. The van der Waals surface area contributed by atoms with Gasteiger partial charge in [-0.05, 0) is 30.5 Å². The third-order valence-electron chi connectivity index (χ3n) is 3.67. The molecule has 0 unspecified atom stereocenters. The summed E-state index contributed by atoms with van der Waals surface area (Å²) in [7, 11) is 0. The fourth-order valence-corrected chi connectivity index (χ4v) is 2.37. The number of nitrogens with zero attached hydrogens (tertiary/aromatic N) is 1. The number of hydrogen-bond donors (Lipinski definition) is 2. The molecule has 3 aromatic rings. The van der Waals surface area contributed by atoms with Gasteiger partial charge in [-0.3, -0.25) is 4.79 Å². The van der Waals surface area contributed by atoms with Crippen LogP contribution in [0.5, 0.6) is 5.75 Å². The lowest BCUT2D eigenvalue weighted by molar-refractivity contribution is 0.0944. The zero-order valence-electron chi connectivity index (χ0n) is 13.1. The van der Waals surface area contributed by atoms with Crippen LogP contribution in [0.3, 0.4) is 0 Å². The number of rotatable bonds is 6. The first-order valence-corrected chi connectivity index (χ1v) is 7.80. The molecule has 0 atom stereocenters. The van der Waals surface area contributed by atoms with Crippen molar-refractivity contribution < 1.29 is 14.4 Å². The minimum absolute atomic E-state index is 0.244. The highest BCUT2D eigenvalue weighted by atomic mass is 16.5. The molecular weight excluding hydrogens is 304 g/mol. The zero-order chi connectivity index (χ0) is 16.8. The third kappa shape index (κ3) is 4.01. The summed E-state index contributed by atoms with van der Waals surface area (Å²) in [5.74, 6) is 0.587. The molecule has 3 rings (SSSR count). The van der Waals surface area contributed by atoms with Gasteiger partial charge < -0.3 is 14.9 Å². The van der Waals surface area contributed by atoms with Crippen molar-refractivity contribution in [3.8, 4) is 17.1 Å². The average Bonchev–Trinajstić information content (AvgIpc) is 3.11. The quantitative estimate of drug-likeness (QED) is 0.682. The number of aryl methyl sites for hydroxylation is 1. The lowest BCUT2D eigenvalue weighted by atomic mass is 10.1. The van der Waals surface area contributed by atoms with Crippen molar-refractivity contribution >= 4 is 5.91 Å². The van der Waals surface area contributed by atoms with Crippen LogP contribution in [0.4, 0.5) is 0 Å². The second-order valence-electron chi connectivity index (χ2n) is 5.47. The predicted molar refractivity (Wildman–Crippen MR) is 90.7 cm³/mol. The van der Waals surface area contributed by atoms with Crippen LogP contribution in [0.25, 0.3) is 11.3 Å².